The van der Waals surface area contributed by atoms with Crippen LogP contribution >= 0.6 is 50.7 Å². The summed E-state index contributed by atoms with van der Waals surface area (Å²) in [6.07, 6.45) is 0. The zero-order valence-electron chi connectivity index (χ0n) is 10.1. The predicted octanol–water partition coefficient (Wildman–Crippen LogP) is 5.83. The summed E-state index contributed by atoms with van der Waals surface area (Å²) in [6, 6.07) is 11.3. The fourth-order valence-electron chi connectivity index (χ4n) is 2.13. The molecule has 20 heavy (non-hydrogen) atoms. The third kappa shape index (κ3) is 2.33. The lowest BCUT2D eigenvalue weighted by atomic mass is 10.2. The van der Waals surface area contributed by atoms with E-state index in [-0.39, 0.29) is 0 Å². The van der Waals surface area contributed by atoms with Gasteiger partial charge >= 0.3 is 0 Å². The molecule has 6 heteroatoms. The molecule has 0 amide bonds. The minimum Gasteiger partial charge on any atom is -0.294 e. The molecule has 3 aromatic rings. The average molecular weight is 390 g/mol. The van der Waals surface area contributed by atoms with Crippen LogP contribution in [0.1, 0.15) is 5.82 Å². The molecular formula is C14H8BrCl3N2. The Bertz CT molecular complexity index is 798. The van der Waals surface area contributed by atoms with E-state index >= 15 is 0 Å². The van der Waals surface area contributed by atoms with Crippen LogP contribution in [0.2, 0.25) is 10.0 Å². The molecule has 0 N–H and O–H groups in total. The molecule has 0 aliphatic heterocycles. The Morgan fingerprint density at radius 1 is 1.10 bits per heavy atom. The second kappa shape index (κ2) is 5.57. The molecule has 0 saturated heterocycles. The molecular weight excluding hydrogens is 382 g/mol. The topological polar surface area (TPSA) is 17.8 Å². The highest BCUT2D eigenvalue weighted by Crippen LogP contribution is 2.31. The molecule has 102 valence electrons. The summed E-state index contributed by atoms with van der Waals surface area (Å²) in [5.41, 5.74) is 2.53. The largest absolute Gasteiger partial charge is 0.294 e. The average Bonchev–Trinajstić information content (AvgIpc) is 2.82. The van der Waals surface area contributed by atoms with E-state index in [0.717, 1.165) is 27.0 Å². The highest BCUT2D eigenvalue weighted by atomic mass is 79.9. The Hall–Kier alpha value is -0.740. The van der Waals surface area contributed by atoms with Crippen molar-refractivity contribution in [1.29, 1.82) is 0 Å². The molecule has 0 fully saturated rings. The Morgan fingerprint density at radius 3 is 2.60 bits per heavy atom. The van der Waals surface area contributed by atoms with Gasteiger partial charge in [-0.15, -0.1) is 11.6 Å². The number of hydrogen-bond donors (Lipinski definition) is 0. The zero-order chi connectivity index (χ0) is 14.3. The number of aromatic nitrogens is 2. The third-order valence-corrected chi connectivity index (χ3v) is 4.75. The summed E-state index contributed by atoms with van der Waals surface area (Å²) >= 11 is 21.9. The molecule has 0 saturated carbocycles. The summed E-state index contributed by atoms with van der Waals surface area (Å²) < 4.78 is 2.77. The van der Waals surface area contributed by atoms with Crippen LogP contribution in [-0.4, -0.2) is 9.55 Å². The van der Waals surface area contributed by atoms with Crippen molar-refractivity contribution >= 4 is 61.8 Å². The van der Waals surface area contributed by atoms with Crippen molar-refractivity contribution in [3.8, 4) is 5.69 Å². The Labute approximate surface area is 139 Å². The van der Waals surface area contributed by atoms with Gasteiger partial charge in [0.2, 0.25) is 0 Å². The molecule has 0 radical (unpaired) electrons. The van der Waals surface area contributed by atoms with Gasteiger partial charge in [0, 0.05) is 10.2 Å². The first kappa shape index (κ1) is 14.2. The fourth-order valence-corrected chi connectivity index (χ4v) is 2.98. The monoisotopic (exact) mass is 388 g/mol. The Morgan fingerprint density at radius 2 is 1.90 bits per heavy atom. The lowest BCUT2D eigenvalue weighted by Gasteiger charge is -2.09. The second-order valence-electron chi connectivity index (χ2n) is 4.20. The first-order valence-corrected chi connectivity index (χ1v) is 7.87. The zero-order valence-corrected chi connectivity index (χ0v) is 13.9. The van der Waals surface area contributed by atoms with Gasteiger partial charge in [-0.3, -0.25) is 4.57 Å². The number of para-hydroxylation sites is 1. The number of nitrogens with zero attached hydrogens (tertiary/aromatic N) is 2. The van der Waals surface area contributed by atoms with Crippen molar-refractivity contribution in [2.24, 2.45) is 0 Å². The molecule has 1 aromatic heterocycles. The number of alkyl halides is 1. The molecule has 2 nitrogen and oxygen atoms in total. The SMILES string of the molecule is ClCc1nc2cccc(Cl)c2n1-c1ccc(Br)c(Cl)c1. The van der Waals surface area contributed by atoms with E-state index in [4.69, 9.17) is 34.8 Å². The van der Waals surface area contributed by atoms with E-state index in [1.54, 1.807) is 0 Å². The minimum absolute atomic E-state index is 0.290. The van der Waals surface area contributed by atoms with E-state index in [1.807, 2.05) is 41.0 Å². The number of fused-ring (bicyclic) bond motifs is 1. The third-order valence-electron chi connectivity index (χ3n) is 2.98. The molecule has 0 unspecified atom stereocenters. The molecule has 0 aliphatic carbocycles. The smallest absolute Gasteiger partial charge is 0.129 e. The lowest BCUT2D eigenvalue weighted by molar-refractivity contribution is 0.981. The molecule has 0 atom stereocenters. The van der Waals surface area contributed by atoms with E-state index in [1.165, 1.54) is 0 Å². The Balaban J connectivity index is 2.36. The van der Waals surface area contributed by atoms with Crippen LogP contribution in [0.25, 0.3) is 16.7 Å². The molecule has 3 rings (SSSR count). The normalized spacial score (nSPS) is 11.2. The van der Waals surface area contributed by atoms with Gasteiger partial charge < -0.3 is 0 Å². The van der Waals surface area contributed by atoms with Gasteiger partial charge in [-0.05, 0) is 46.3 Å². The minimum atomic E-state index is 0.290. The molecule has 0 bridgehead atoms. The number of hydrogen-bond acceptors (Lipinski definition) is 1. The first-order valence-electron chi connectivity index (χ1n) is 5.79. The summed E-state index contributed by atoms with van der Waals surface area (Å²) in [6.45, 7) is 0. The highest BCUT2D eigenvalue weighted by Gasteiger charge is 2.14. The van der Waals surface area contributed by atoms with Gasteiger partial charge in [0.15, 0.2) is 0 Å². The van der Waals surface area contributed by atoms with Crippen LogP contribution in [0, 0.1) is 0 Å². The maximum Gasteiger partial charge on any atom is 0.129 e. The van der Waals surface area contributed by atoms with Crippen molar-refractivity contribution in [3.05, 3.63) is 56.7 Å². The van der Waals surface area contributed by atoms with Crippen molar-refractivity contribution in [3.63, 3.8) is 0 Å². The van der Waals surface area contributed by atoms with Gasteiger partial charge in [0.25, 0.3) is 0 Å². The van der Waals surface area contributed by atoms with Crippen molar-refractivity contribution in [1.82, 2.24) is 9.55 Å². The van der Waals surface area contributed by atoms with Crippen molar-refractivity contribution < 1.29 is 0 Å². The van der Waals surface area contributed by atoms with Gasteiger partial charge in [-0.2, -0.15) is 0 Å². The molecule has 0 spiro atoms. The van der Waals surface area contributed by atoms with Crippen LogP contribution in [0.3, 0.4) is 0 Å². The number of benzene rings is 2. The maximum absolute atomic E-state index is 6.31. The lowest BCUT2D eigenvalue weighted by Crippen LogP contribution is -1.99. The van der Waals surface area contributed by atoms with Gasteiger partial charge in [0.1, 0.15) is 5.82 Å². The number of rotatable bonds is 2. The quantitative estimate of drug-likeness (QED) is 0.503. The van der Waals surface area contributed by atoms with Crippen LogP contribution in [-0.2, 0) is 5.88 Å². The van der Waals surface area contributed by atoms with Crippen LogP contribution in [0.5, 0.6) is 0 Å². The maximum atomic E-state index is 6.31. The molecule has 1 heterocycles. The number of halogens is 4. The van der Waals surface area contributed by atoms with Gasteiger partial charge in [-0.25, -0.2) is 4.98 Å². The van der Waals surface area contributed by atoms with Gasteiger partial charge in [0.05, 0.1) is 27.0 Å². The van der Waals surface area contributed by atoms with E-state index in [2.05, 4.69) is 20.9 Å². The van der Waals surface area contributed by atoms with E-state index < -0.39 is 0 Å². The second-order valence-corrected chi connectivity index (χ2v) is 6.14. The Kier molecular flexibility index (Phi) is 3.95. The first-order chi connectivity index (χ1) is 9.61. The summed E-state index contributed by atoms with van der Waals surface area (Å²) in [5.74, 6) is 1.02. The molecule has 2 aromatic carbocycles. The highest BCUT2D eigenvalue weighted by molar-refractivity contribution is 9.10. The summed E-state index contributed by atoms with van der Waals surface area (Å²) in [7, 11) is 0. The van der Waals surface area contributed by atoms with Crippen LogP contribution in [0.15, 0.2) is 40.9 Å². The van der Waals surface area contributed by atoms with Gasteiger partial charge in [-0.1, -0.05) is 29.3 Å². The van der Waals surface area contributed by atoms with E-state index in [0.29, 0.717) is 15.9 Å². The fraction of sp³-hybridized carbons (Fsp3) is 0.0714. The predicted molar refractivity (Wildman–Crippen MR) is 88.3 cm³/mol. The van der Waals surface area contributed by atoms with E-state index in [9.17, 15) is 0 Å². The number of imidazole rings is 1. The summed E-state index contributed by atoms with van der Waals surface area (Å²) in [4.78, 5) is 4.51. The van der Waals surface area contributed by atoms with Crippen molar-refractivity contribution in [2.75, 3.05) is 0 Å². The summed E-state index contributed by atoms with van der Waals surface area (Å²) in [5, 5.41) is 1.25. The van der Waals surface area contributed by atoms with Crippen LogP contribution in [0.4, 0.5) is 0 Å². The van der Waals surface area contributed by atoms with Crippen LogP contribution < -0.4 is 0 Å². The molecule has 0 aliphatic rings. The standard InChI is InChI=1S/C14H8BrCl3N2/c15-9-5-4-8(6-11(9)18)20-13(7-16)19-12-3-1-2-10(17)14(12)20/h1-6H,7H2. The van der Waals surface area contributed by atoms with Crippen molar-refractivity contribution in [2.45, 2.75) is 5.88 Å².